The van der Waals surface area contributed by atoms with Gasteiger partial charge in [-0.15, -0.1) is 0 Å². The predicted molar refractivity (Wildman–Crippen MR) is 86.1 cm³/mol. The minimum atomic E-state index is -4.57. The van der Waals surface area contributed by atoms with Crippen molar-refractivity contribution >= 4 is 23.7 Å². The Morgan fingerprint density at radius 3 is 2.44 bits per heavy atom. The molecule has 1 N–H and O–H groups in total. The molecule has 146 valence electrons. The van der Waals surface area contributed by atoms with Crippen LogP contribution in [0.25, 0.3) is 0 Å². The predicted octanol–water partition coefficient (Wildman–Crippen LogP) is 1.92. The van der Waals surface area contributed by atoms with E-state index < -0.39 is 43.0 Å². The number of imide groups is 1. The second kappa shape index (κ2) is 8.19. The van der Waals surface area contributed by atoms with Crippen LogP contribution in [0.5, 0.6) is 0 Å². The number of carbonyl (C=O) groups is 4. The van der Waals surface area contributed by atoms with Gasteiger partial charge < -0.3 is 10.1 Å². The first-order valence-corrected chi connectivity index (χ1v) is 8.15. The van der Waals surface area contributed by atoms with E-state index in [0.29, 0.717) is 6.42 Å². The zero-order valence-corrected chi connectivity index (χ0v) is 14.4. The molecule has 0 radical (unpaired) electrons. The van der Waals surface area contributed by atoms with Gasteiger partial charge in [0, 0.05) is 6.54 Å². The number of halogens is 3. The molecule has 0 spiro atoms. The van der Waals surface area contributed by atoms with Gasteiger partial charge in [0.2, 0.25) is 0 Å². The summed E-state index contributed by atoms with van der Waals surface area (Å²) < 4.78 is 40.6. The fourth-order valence-corrected chi connectivity index (χ4v) is 2.40. The lowest BCUT2D eigenvalue weighted by Gasteiger charge is -2.12. The number of fused-ring (bicyclic) bond motifs is 1. The number of benzene rings is 1. The summed E-state index contributed by atoms with van der Waals surface area (Å²) >= 11 is 0. The van der Waals surface area contributed by atoms with E-state index in [1.54, 1.807) is 5.32 Å². The topological polar surface area (TPSA) is 92.8 Å². The summed E-state index contributed by atoms with van der Waals surface area (Å²) in [5.41, 5.74) is 0.124. The zero-order valence-electron chi connectivity index (χ0n) is 14.4. The molecule has 0 bridgehead atoms. The molecule has 7 nitrogen and oxygen atoms in total. The molecule has 0 aliphatic carbocycles. The first kappa shape index (κ1) is 20.4. The van der Waals surface area contributed by atoms with E-state index >= 15 is 0 Å². The number of alkyl halides is 3. The van der Waals surface area contributed by atoms with E-state index in [0.717, 1.165) is 11.3 Å². The number of carbonyl (C=O) groups excluding carboxylic acids is 4. The largest absolute Gasteiger partial charge is 0.452 e. The maximum Gasteiger partial charge on any atom is 0.405 e. The van der Waals surface area contributed by atoms with E-state index in [1.807, 2.05) is 6.92 Å². The Labute approximate surface area is 152 Å². The van der Waals surface area contributed by atoms with E-state index in [4.69, 9.17) is 0 Å². The van der Waals surface area contributed by atoms with Crippen molar-refractivity contribution in [2.24, 2.45) is 0 Å². The van der Waals surface area contributed by atoms with Crippen LogP contribution in [-0.4, -0.2) is 54.5 Å². The molecule has 27 heavy (non-hydrogen) atoms. The van der Waals surface area contributed by atoms with Crippen molar-refractivity contribution in [1.82, 2.24) is 10.2 Å². The SMILES string of the molecule is CCCCN1C(=O)c2ccc(C(=O)OCC(=O)NCC(F)(F)F)cc2C1=O. The molecule has 1 heterocycles. The van der Waals surface area contributed by atoms with Crippen LogP contribution in [0.2, 0.25) is 0 Å². The Kier molecular flexibility index (Phi) is 6.19. The van der Waals surface area contributed by atoms with Crippen LogP contribution in [0.3, 0.4) is 0 Å². The fraction of sp³-hybridized carbons (Fsp3) is 0.412. The molecular formula is C17H17F3N2O5. The Morgan fingerprint density at radius 2 is 1.81 bits per heavy atom. The first-order chi connectivity index (χ1) is 12.6. The molecular weight excluding hydrogens is 369 g/mol. The summed E-state index contributed by atoms with van der Waals surface area (Å²) in [5, 5.41) is 1.56. The fourth-order valence-electron chi connectivity index (χ4n) is 2.40. The number of unbranched alkanes of at least 4 members (excludes halogenated alkanes) is 1. The lowest BCUT2D eigenvalue weighted by molar-refractivity contribution is -0.140. The lowest BCUT2D eigenvalue weighted by atomic mass is 10.1. The van der Waals surface area contributed by atoms with Crippen LogP contribution in [-0.2, 0) is 9.53 Å². The van der Waals surface area contributed by atoms with Crippen molar-refractivity contribution < 1.29 is 37.1 Å². The molecule has 1 aromatic carbocycles. The van der Waals surface area contributed by atoms with Gasteiger partial charge in [-0.25, -0.2) is 4.79 Å². The number of ether oxygens (including phenoxy) is 1. The molecule has 1 aromatic rings. The molecule has 0 unspecified atom stereocenters. The monoisotopic (exact) mass is 386 g/mol. The van der Waals surface area contributed by atoms with Gasteiger partial charge in [0.15, 0.2) is 6.61 Å². The standard InChI is InChI=1S/C17H17F3N2O5/c1-2-3-6-22-14(24)11-5-4-10(7-12(11)15(22)25)16(26)27-8-13(23)21-9-17(18,19)20/h4-5,7H,2-3,6,8-9H2,1H3,(H,21,23). The first-order valence-electron chi connectivity index (χ1n) is 8.15. The number of amides is 3. The van der Waals surface area contributed by atoms with Gasteiger partial charge in [0.1, 0.15) is 6.54 Å². The maximum absolute atomic E-state index is 12.3. The molecule has 2 rings (SSSR count). The van der Waals surface area contributed by atoms with Crippen molar-refractivity contribution in [3.8, 4) is 0 Å². The van der Waals surface area contributed by atoms with Gasteiger partial charge >= 0.3 is 12.1 Å². The number of rotatable bonds is 7. The number of nitrogens with zero attached hydrogens (tertiary/aromatic N) is 1. The Bertz CT molecular complexity index is 776. The molecule has 0 saturated carbocycles. The van der Waals surface area contributed by atoms with Gasteiger partial charge in [0.05, 0.1) is 16.7 Å². The summed E-state index contributed by atoms with van der Waals surface area (Å²) in [5.74, 6) is -3.08. The summed E-state index contributed by atoms with van der Waals surface area (Å²) in [6.45, 7) is -0.257. The zero-order chi connectivity index (χ0) is 20.2. The third-order valence-corrected chi connectivity index (χ3v) is 3.76. The van der Waals surface area contributed by atoms with Crippen LogP contribution < -0.4 is 5.32 Å². The lowest BCUT2D eigenvalue weighted by Crippen LogP contribution is -2.36. The van der Waals surface area contributed by atoms with Crippen LogP contribution in [0.15, 0.2) is 18.2 Å². The minimum absolute atomic E-state index is 0.0482. The van der Waals surface area contributed by atoms with Crippen molar-refractivity contribution in [1.29, 1.82) is 0 Å². The molecule has 0 saturated heterocycles. The summed E-state index contributed by atoms with van der Waals surface area (Å²) in [6.07, 6.45) is -3.13. The number of hydrogen-bond donors (Lipinski definition) is 1. The van der Waals surface area contributed by atoms with Gasteiger partial charge in [0.25, 0.3) is 17.7 Å². The van der Waals surface area contributed by atoms with E-state index in [9.17, 15) is 32.3 Å². The maximum atomic E-state index is 12.3. The summed E-state index contributed by atoms with van der Waals surface area (Å²) in [7, 11) is 0. The normalized spacial score (nSPS) is 13.6. The van der Waals surface area contributed by atoms with Gasteiger partial charge in [-0.05, 0) is 24.6 Å². The highest BCUT2D eigenvalue weighted by Gasteiger charge is 2.35. The van der Waals surface area contributed by atoms with Crippen LogP contribution in [0.1, 0.15) is 50.8 Å². The van der Waals surface area contributed by atoms with Crippen molar-refractivity contribution in [3.05, 3.63) is 34.9 Å². The molecule has 10 heteroatoms. The highest BCUT2D eigenvalue weighted by atomic mass is 19.4. The van der Waals surface area contributed by atoms with Crippen molar-refractivity contribution in [2.75, 3.05) is 19.7 Å². The third kappa shape index (κ3) is 5.05. The summed E-state index contributed by atoms with van der Waals surface area (Å²) in [4.78, 5) is 48.8. The molecule has 1 aliphatic heterocycles. The average molecular weight is 386 g/mol. The van der Waals surface area contributed by atoms with E-state index in [1.165, 1.54) is 18.2 Å². The van der Waals surface area contributed by atoms with Crippen LogP contribution in [0.4, 0.5) is 13.2 Å². The highest BCUT2D eigenvalue weighted by molar-refractivity contribution is 6.21. The Balaban J connectivity index is 2.00. The Morgan fingerprint density at radius 1 is 1.15 bits per heavy atom. The summed E-state index contributed by atoms with van der Waals surface area (Å²) in [6, 6.07) is 3.74. The molecule has 0 fully saturated rings. The molecule has 3 amide bonds. The molecule has 0 aromatic heterocycles. The second-order valence-electron chi connectivity index (χ2n) is 5.84. The number of nitrogens with one attached hydrogen (secondary N) is 1. The van der Waals surface area contributed by atoms with E-state index in [2.05, 4.69) is 4.74 Å². The number of hydrogen-bond acceptors (Lipinski definition) is 5. The van der Waals surface area contributed by atoms with Crippen LogP contribution in [0, 0.1) is 0 Å². The van der Waals surface area contributed by atoms with Crippen LogP contribution >= 0.6 is 0 Å². The number of esters is 1. The minimum Gasteiger partial charge on any atom is -0.452 e. The molecule has 0 atom stereocenters. The average Bonchev–Trinajstić information content (AvgIpc) is 2.85. The second-order valence-corrected chi connectivity index (χ2v) is 5.84. The highest BCUT2D eigenvalue weighted by Crippen LogP contribution is 2.24. The van der Waals surface area contributed by atoms with Gasteiger partial charge in [-0.1, -0.05) is 13.3 Å². The Hall–Kier alpha value is -2.91. The van der Waals surface area contributed by atoms with Gasteiger partial charge in [-0.2, -0.15) is 13.2 Å². The smallest absolute Gasteiger partial charge is 0.405 e. The third-order valence-electron chi connectivity index (χ3n) is 3.76. The molecule has 1 aliphatic rings. The quantitative estimate of drug-likeness (QED) is 0.571. The van der Waals surface area contributed by atoms with Crippen molar-refractivity contribution in [3.63, 3.8) is 0 Å². The van der Waals surface area contributed by atoms with E-state index in [-0.39, 0.29) is 23.2 Å². The van der Waals surface area contributed by atoms with Crippen molar-refractivity contribution in [2.45, 2.75) is 25.9 Å². The van der Waals surface area contributed by atoms with Gasteiger partial charge in [-0.3, -0.25) is 19.3 Å².